The largest absolute Gasteiger partial charge is 0.456 e. The Balaban J connectivity index is 1.88. The van der Waals surface area contributed by atoms with Gasteiger partial charge in [-0.2, -0.15) is 0 Å². The fourth-order valence-corrected chi connectivity index (χ4v) is 10.3. The second kappa shape index (κ2) is 12.4. The Hall–Kier alpha value is -4.18. The summed E-state index contributed by atoms with van der Waals surface area (Å²) < 4.78 is 6.08. The lowest BCUT2D eigenvalue weighted by Gasteiger charge is -2.53. The number of amides is 1. The highest BCUT2D eigenvalue weighted by atomic mass is 31.2. The van der Waals surface area contributed by atoms with Gasteiger partial charge < -0.3 is 14.7 Å². The van der Waals surface area contributed by atoms with Gasteiger partial charge >= 0.3 is 5.97 Å². The molecule has 1 aliphatic rings. The van der Waals surface area contributed by atoms with E-state index < -0.39 is 30.4 Å². The van der Waals surface area contributed by atoms with Crippen LogP contribution in [0.5, 0.6) is 0 Å². The van der Waals surface area contributed by atoms with Crippen molar-refractivity contribution in [2.45, 2.75) is 38.5 Å². The Morgan fingerprint density at radius 1 is 0.833 bits per heavy atom. The van der Waals surface area contributed by atoms with Crippen molar-refractivity contribution in [3.8, 4) is 0 Å². The van der Waals surface area contributed by atoms with E-state index >= 15 is 0 Å². The second-order valence-electron chi connectivity index (χ2n) is 11.0. The van der Waals surface area contributed by atoms with Crippen LogP contribution in [-0.2, 0) is 20.9 Å². The summed E-state index contributed by atoms with van der Waals surface area (Å²) in [6, 6.07) is 38.8. The number of hydrogen-bond acceptors (Lipinski definition) is 4. The molecule has 1 saturated heterocycles. The Labute approximate surface area is 248 Å². The van der Waals surface area contributed by atoms with Crippen LogP contribution in [-0.4, -0.2) is 38.9 Å². The van der Waals surface area contributed by atoms with Gasteiger partial charge in [-0.25, -0.2) is 4.79 Å². The monoisotopic (exact) mass is 577 g/mol. The number of nitrogens with zero attached hydrogens (tertiary/aromatic N) is 1. The Morgan fingerprint density at radius 2 is 1.26 bits per heavy atom. The van der Waals surface area contributed by atoms with Crippen LogP contribution in [0.1, 0.15) is 25.8 Å². The summed E-state index contributed by atoms with van der Waals surface area (Å²) >= 11 is 0. The van der Waals surface area contributed by atoms with Gasteiger partial charge in [0.1, 0.15) is 12.0 Å². The van der Waals surface area contributed by atoms with Crippen LogP contribution in [0.25, 0.3) is 0 Å². The first-order chi connectivity index (χ1) is 20.3. The van der Waals surface area contributed by atoms with Crippen LogP contribution in [0.4, 0.5) is 0 Å². The number of benzene rings is 4. The van der Waals surface area contributed by atoms with E-state index in [0.717, 1.165) is 21.5 Å². The van der Waals surface area contributed by atoms with Crippen molar-refractivity contribution in [1.29, 1.82) is 0 Å². The molecule has 1 amide bonds. The predicted molar refractivity (Wildman–Crippen MR) is 172 cm³/mol. The maximum Gasteiger partial charge on any atom is 0.356 e. The Bertz CT molecular complexity index is 1490. The smallest absolute Gasteiger partial charge is 0.356 e. The average Bonchev–Trinajstić information content (AvgIpc) is 3.01. The minimum atomic E-state index is -3.01. The molecule has 0 spiro atoms. The van der Waals surface area contributed by atoms with E-state index in [4.69, 9.17) is 4.74 Å². The van der Waals surface area contributed by atoms with Crippen molar-refractivity contribution >= 4 is 40.1 Å². The highest BCUT2D eigenvalue weighted by molar-refractivity contribution is 7.96. The summed E-state index contributed by atoms with van der Waals surface area (Å²) in [7, 11) is 0. The predicted octanol–water partition coefficient (Wildman–Crippen LogP) is 5.03. The number of carbonyl (C=O) groups excluding carboxylic acids is 2. The normalized spacial score (nSPS) is 16.8. The number of ether oxygens (including phenoxy) is 1. The Morgan fingerprint density at radius 3 is 1.67 bits per heavy atom. The van der Waals surface area contributed by atoms with Gasteiger partial charge in [0.05, 0.1) is 17.6 Å². The number of esters is 1. The van der Waals surface area contributed by atoms with E-state index in [2.05, 4.69) is 6.58 Å². The molecule has 5 nitrogen and oxygen atoms in total. The second-order valence-corrected chi connectivity index (χ2v) is 14.3. The number of aliphatic hydroxyl groups is 1. The summed E-state index contributed by atoms with van der Waals surface area (Å²) in [5, 5.41) is 13.8. The Kier molecular flexibility index (Phi) is 8.63. The van der Waals surface area contributed by atoms with Crippen molar-refractivity contribution in [2.75, 3.05) is 0 Å². The van der Waals surface area contributed by atoms with Gasteiger partial charge in [-0.15, -0.1) is 6.58 Å². The van der Waals surface area contributed by atoms with E-state index in [1.165, 1.54) is 0 Å². The average molecular weight is 578 g/mol. The first-order valence-corrected chi connectivity index (χ1v) is 15.9. The van der Waals surface area contributed by atoms with Crippen molar-refractivity contribution in [3.05, 3.63) is 140 Å². The molecule has 214 valence electrons. The minimum absolute atomic E-state index is 0.0601. The number of hydrogen-bond donors (Lipinski definition) is 1. The molecule has 6 heteroatoms. The van der Waals surface area contributed by atoms with Crippen molar-refractivity contribution in [3.63, 3.8) is 0 Å². The summed E-state index contributed by atoms with van der Waals surface area (Å²) in [5.41, 5.74) is -0.132. The minimum Gasteiger partial charge on any atom is -0.456 e. The maximum atomic E-state index is 14.7. The summed E-state index contributed by atoms with van der Waals surface area (Å²) in [5.74, 6) is -1.55. The van der Waals surface area contributed by atoms with Crippen LogP contribution in [0, 0.1) is 5.92 Å². The quantitative estimate of drug-likeness (QED) is 0.124. The molecule has 1 N–H and O–H groups in total. The zero-order valence-electron chi connectivity index (χ0n) is 24.0. The van der Waals surface area contributed by atoms with Crippen LogP contribution in [0.2, 0.25) is 0 Å². The molecule has 1 heterocycles. The van der Waals surface area contributed by atoms with Gasteiger partial charge in [-0.3, -0.25) is 4.79 Å². The SMILES string of the molecule is C=CCC1C(C(C)(C)O)C(=O)N1C(C(=O)OCc1ccccc1)=P(c1ccccc1)(c1ccccc1)c1ccccc1. The molecule has 4 aromatic rings. The molecule has 1 aliphatic heterocycles. The molecule has 42 heavy (non-hydrogen) atoms. The summed E-state index contributed by atoms with van der Waals surface area (Å²) in [6.07, 6.45) is 2.15. The van der Waals surface area contributed by atoms with Crippen molar-refractivity contribution < 1.29 is 19.4 Å². The fourth-order valence-electron chi connectivity index (χ4n) is 5.94. The van der Waals surface area contributed by atoms with Gasteiger partial charge in [0.2, 0.25) is 5.91 Å². The first kappa shape index (κ1) is 29.3. The molecular formula is C36H36NO4P. The highest BCUT2D eigenvalue weighted by Gasteiger charge is 2.57. The molecule has 0 aromatic heterocycles. The van der Waals surface area contributed by atoms with Gasteiger partial charge in [0.15, 0.2) is 0 Å². The standard InChI is InChI=1S/C36H36NO4P/c1-4-17-31-32(36(2,3)40)33(38)37(31)34(35(39)41-26-27-18-9-5-10-19-27)42(28-20-11-6-12-21-28,29-22-13-7-14-23-29)30-24-15-8-16-25-30/h4-16,18-25,31-32,40H,1,17,26H2,2-3H3. The lowest BCUT2D eigenvalue weighted by Crippen LogP contribution is -2.70. The molecule has 0 aliphatic carbocycles. The maximum absolute atomic E-state index is 14.7. The van der Waals surface area contributed by atoms with E-state index in [-0.39, 0.29) is 12.5 Å². The fraction of sp³-hybridized carbons (Fsp3) is 0.194. The zero-order valence-corrected chi connectivity index (χ0v) is 24.9. The van der Waals surface area contributed by atoms with Crippen molar-refractivity contribution in [2.24, 2.45) is 5.92 Å². The van der Waals surface area contributed by atoms with Crippen molar-refractivity contribution in [1.82, 2.24) is 4.90 Å². The third kappa shape index (κ3) is 5.38. The van der Waals surface area contributed by atoms with Crippen LogP contribution >= 0.6 is 6.89 Å². The van der Waals surface area contributed by atoms with Crippen LogP contribution in [0.3, 0.4) is 0 Å². The third-order valence-corrected chi connectivity index (χ3v) is 12.0. The highest BCUT2D eigenvalue weighted by Crippen LogP contribution is 2.50. The van der Waals surface area contributed by atoms with Crippen LogP contribution in [0.15, 0.2) is 134 Å². The van der Waals surface area contributed by atoms with Gasteiger partial charge in [0.25, 0.3) is 0 Å². The number of carbonyl (C=O) groups is 2. The third-order valence-electron chi connectivity index (χ3n) is 7.76. The van der Waals surface area contributed by atoms with E-state index in [0.29, 0.717) is 11.8 Å². The van der Waals surface area contributed by atoms with E-state index in [9.17, 15) is 14.7 Å². The van der Waals surface area contributed by atoms with E-state index in [1.54, 1.807) is 24.8 Å². The molecule has 2 unspecified atom stereocenters. The molecule has 4 aromatic carbocycles. The van der Waals surface area contributed by atoms with Crippen LogP contribution < -0.4 is 15.9 Å². The number of rotatable bonds is 10. The zero-order chi connectivity index (χ0) is 29.7. The summed E-state index contributed by atoms with van der Waals surface area (Å²) in [4.78, 5) is 30.4. The number of β-lactam (4-membered cyclic amide) rings is 1. The molecule has 0 radical (unpaired) electrons. The lowest BCUT2D eigenvalue weighted by atomic mass is 9.74. The lowest BCUT2D eigenvalue weighted by molar-refractivity contribution is -0.165. The van der Waals surface area contributed by atoms with Gasteiger partial charge in [-0.1, -0.05) is 127 Å². The first-order valence-electron chi connectivity index (χ1n) is 14.1. The van der Waals surface area contributed by atoms with Gasteiger partial charge in [-0.05, 0) is 41.7 Å². The van der Waals surface area contributed by atoms with E-state index in [1.807, 2.05) is 121 Å². The number of likely N-dealkylation sites (tertiary alicyclic amines) is 1. The molecule has 5 rings (SSSR count). The molecule has 2 atom stereocenters. The molecule has 0 bridgehead atoms. The topological polar surface area (TPSA) is 66.8 Å². The molecular weight excluding hydrogens is 541 g/mol. The molecule has 1 fully saturated rings. The molecule has 0 saturated carbocycles. The summed E-state index contributed by atoms with van der Waals surface area (Å²) in [6.45, 7) is 4.28. The van der Waals surface area contributed by atoms with Gasteiger partial charge in [0, 0.05) is 6.89 Å².